The van der Waals surface area contributed by atoms with Crippen LogP contribution in [0, 0.1) is 0 Å². The minimum absolute atomic E-state index is 0.604. The molecule has 0 atom stereocenters. The van der Waals surface area contributed by atoms with Crippen molar-refractivity contribution in [3.8, 4) is 5.82 Å². The zero-order chi connectivity index (χ0) is 16.4. The van der Waals surface area contributed by atoms with E-state index >= 15 is 0 Å². The van der Waals surface area contributed by atoms with E-state index in [1.807, 2.05) is 59.3 Å². The summed E-state index contributed by atoms with van der Waals surface area (Å²) in [5, 5.41) is 3.27. The Balaban J connectivity index is 1.66. The monoisotopic (exact) mass is 316 g/mol. The molecule has 0 radical (unpaired) electrons. The van der Waals surface area contributed by atoms with Crippen LogP contribution >= 0.6 is 0 Å². The summed E-state index contributed by atoms with van der Waals surface area (Å²) >= 11 is 0. The molecule has 3 N–H and O–H groups in total. The van der Waals surface area contributed by atoms with Crippen LogP contribution in [0.25, 0.3) is 16.9 Å². The minimum Gasteiger partial charge on any atom is -0.396 e. The highest BCUT2D eigenvalue weighted by molar-refractivity contribution is 5.77. The van der Waals surface area contributed by atoms with Gasteiger partial charge in [0, 0.05) is 18.9 Å². The van der Waals surface area contributed by atoms with Gasteiger partial charge in [-0.25, -0.2) is 9.97 Å². The Hall–Kier alpha value is -3.41. The average Bonchev–Trinajstić information content (AvgIpc) is 3.06. The molecule has 0 fully saturated rings. The van der Waals surface area contributed by atoms with E-state index in [4.69, 9.17) is 5.73 Å². The number of nitrogens with two attached hydrogens (primary N) is 1. The molecule has 118 valence electrons. The van der Waals surface area contributed by atoms with Crippen molar-refractivity contribution in [1.29, 1.82) is 0 Å². The second-order valence-electron chi connectivity index (χ2n) is 5.43. The third-order valence-corrected chi connectivity index (χ3v) is 3.79. The van der Waals surface area contributed by atoms with Gasteiger partial charge in [0.1, 0.15) is 12.1 Å². The maximum atomic E-state index is 6.05. The van der Waals surface area contributed by atoms with Gasteiger partial charge >= 0.3 is 0 Å². The number of hydrogen-bond donors (Lipinski definition) is 2. The van der Waals surface area contributed by atoms with Crippen LogP contribution in [0.2, 0.25) is 0 Å². The molecule has 3 heterocycles. The number of imidazole rings is 1. The normalized spacial score (nSPS) is 10.8. The van der Waals surface area contributed by atoms with Gasteiger partial charge in [0.05, 0.1) is 16.7 Å². The fourth-order valence-electron chi connectivity index (χ4n) is 2.57. The predicted octanol–water partition coefficient (Wildman–Crippen LogP) is 3.01. The van der Waals surface area contributed by atoms with Crippen molar-refractivity contribution in [1.82, 2.24) is 19.5 Å². The van der Waals surface area contributed by atoms with Gasteiger partial charge in [-0.1, -0.05) is 18.2 Å². The summed E-state index contributed by atoms with van der Waals surface area (Å²) in [6, 6.07) is 15.6. The number of nitrogens with zero attached hydrogens (tertiary/aromatic N) is 4. The molecular weight excluding hydrogens is 300 g/mol. The van der Waals surface area contributed by atoms with Gasteiger partial charge in [-0.15, -0.1) is 0 Å². The molecule has 6 nitrogen and oxygen atoms in total. The molecule has 0 spiro atoms. The lowest BCUT2D eigenvalue weighted by atomic mass is 10.3. The van der Waals surface area contributed by atoms with Crippen molar-refractivity contribution < 1.29 is 0 Å². The minimum atomic E-state index is 0.604. The number of fused-ring (bicyclic) bond motifs is 1. The molecule has 3 aromatic heterocycles. The molecule has 0 aliphatic carbocycles. The molecule has 0 amide bonds. The summed E-state index contributed by atoms with van der Waals surface area (Å²) in [6.45, 7) is 0.610. The number of anilines is 2. The Morgan fingerprint density at radius 3 is 2.83 bits per heavy atom. The highest BCUT2D eigenvalue weighted by Crippen LogP contribution is 2.22. The maximum absolute atomic E-state index is 6.05. The molecule has 4 rings (SSSR count). The molecule has 0 aliphatic heterocycles. The lowest BCUT2D eigenvalue weighted by Crippen LogP contribution is -2.07. The lowest BCUT2D eigenvalue weighted by molar-refractivity contribution is 1.01. The van der Waals surface area contributed by atoms with E-state index in [2.05, 4.69) is 20.3 Å². The fraction of sp³-hybridized carbons (Fsp3) is 0.0556. The number of pyridine rings is 2. The molecule has 4 aromatic rings. The molecule has 0 unspecified atom stereocenters. The standard InChI is InChI=1S/C18H16N6/c19-14-7-8-17(24-12-22-15-5-1-2-6-16(15)24)23-18(14)21-11-13-4-3-9-20-10-13/h1-10,12H,11,19H2,(H,21,23). The number of nitrogen functional groups attached to an aromatic ring is 1. The van der Waals surface area contributed by atoms with Crippen LogP contribution in [0.4, 0.5) is 11.5 Å². The first-order valence-corrected chi connectivity index (χ1v) is 7.63. The van der Waals surface area contributed by atoms with Gasteiger partial charge < -0.3 is 11.1 Å². The number of para-hydroxylation sites is 2. The van der Waals surface area contributed by atoms with E-state index in [1.54, 1.807) is 12.5 Å². The lowest BCUT2D eigenvalue weighted by Gasteiger charge is -2.11. The topological polar surface area (TPSA) is 81.7 Å². The smallest absolute Gasteiger partial charge is 0.151 e. The molecule has 0 aliphatic rings. The van der Waals surface area contributed by atoms with E-state index < -0.39 is 0 Å². The van der Waals surface area contributed by atoms with E-state index in [-0.39, 0.29) is 0 Å². The Labute approximate surface area is 139 Å². The number of rotatable bonds is 4. The molecule has 1 aromatic carbocycles. The van der Waals surface area contributed by atoms with Crippen molar-refractivity contribution in [2.75, 3.05) is 11.1 Å². The van der Waals surface area contributed by atoms with Crippen molar-refractivity contribution in [2.24, 2.45) is 0 Å². The van der Waals surface area contributed by atoms with Gasteiger partial charge in [0.15, 0.2) is 5.82 Å². The van der Waals surface area contributed by atoms with Gasteiger partial charge in [0.2, 0.25) is 0 Å². The number of nitrogens with one attached hydrogen (secondary N) is 1. The highest BCUT2D eigenvalue weighted by atomic mass is 15.1. The third-order valence-electron chi connectivity index (χ3n) is 3.79. The largest absolute Gasteiger partial charge is 0.396 e. The summed E-state index contributed by atoms with van der Waals surface area (Å²) in [5.41, 5.74) is 9.66. The Bertz CT molecular complexity index is 977. The van der Waals surface area contributed by atoms with Crippen LogP contribution in [0.1, 0.15) is 5.56 Å². The first-order chi connectivity index (χ1) is 11.8. The Morgan fingerprint density at radius 2 is 1.96 bits per heavy atom. The fourth-order valence-corrected chi connectivity index (χ4v) is 2.57. The third kappa shape index (κ3) is 2.65. The second-order valence-corrected chi connectivity index (χ2v) is 5.43. The molecule has 0 saturated carbocycles. The van der Waals surface area contributed by atoms with Gasteiger partial charge in [-0.3, -0.25) is 9.55 Å². The van der Waals surface area contributed by atoms with Crippen LogP contribution in [0.5, 0.6) is 0 Å². The first-order valence-electron chi connectivity index (χ1n) is 7.63. The van der Waals surface area contributed by atoms with Crippen molar-refractivity contribution in [2.45, 2.75) is 6.54 Å². The van der Waals surface area contributed by atoms with Gasteiger partial charge in [-0.05, 0) is 35.9 Å². The SMILES string of the molecule is Nc1ccc(-n2cnc3ccccc32)nc1NCc1cccnc1. The second kappa shape index (κ2) is 6.00. The number of benzene rings is 1. The van der Waals surface area contributed by atoms with Crippen LogP contribution in [0.3, 0.4) is 0 Å². The summed E-state index contributed by atoms with van der Waals surface area (Å²) in [6.07, 6.45) is 5.34. The quantitative estimate of drug-likeness (QED) is 0.605. The van der Waals surface area contributed by atoms with Crippen LogP contribution in [-0.4, -0.2) is 19.5 Å². The summed E-state index contributed by atoms with van der Waals surface area (Å²) in [7, 11) is 0. The van der Waals surface area contributed by atoms with E-state index in [0.29, 0.717) is 18.1 Å². The first kappa shape index (κ1) is 14.2. The highest BCUT2D eigenvalue weighted by Gasteiger charge is 2.08. The van der Waals surface area contributed by atoms with E-state index in [9.17, 15) is 0 Å². The zero-order valence-electron chi connectivity index (χ0n) is 12.9. The maximum Gasteiger partial charge on any atom is 0.151 e. The zero-order valence-corrected chi connectivity index (χ0v) is 12.9. The molecule has 0 saturated heterocycles. The Morgan fingerprint density at radius 1 is 1.04 bits per heavy atom. The average molecular weight is 316 g/mol. The van der Waals surface area contributed by atoms with Crippen molar-refractivity contribution >= 4 is 22.5 Å². The molecular formula is C18H16N6. The van der Waals surface area contributed by atoms with Gasteiger partial charge in [-0.2, -0.15) is 0 Å². The van der Waals surface area contributed by atoms with Crippen LogP contribution in [0.15, 0.2) is 67.3 Å². The van der Waals surface area contributed by atoms with Crippen molar-refractivity contribution in [3.05, 3.63) is 72.8 Å². The summed E-state index contributed by atoms with van der Waals surface area (Å²) in [5.74, 6) is 1.42. The van der Waals surface area contributed by atoms with Crippen LogP contribution < -0.4 is 11.1 Å². The number of aromatic nitrogens is 4. The Kier molecular flexibility index (Phi) is 3.55. The van der Waals surface area contributed by atoms with Gasteiger partial charge in [0.25, 0.3) is 0 Å². The predicted molar refractivity (Wildman–Crippen MR) is 94.8 cm³/mol. The molecule has 6 heteroatoms. The molecule has 0 bridgehead atoms. The van der Waals surface area contributed by atoms with Crippen LogP contribution in [-0.2, 0) is 6.54 Å². The summed E-state index contributed by atoms with van der Waals surface area (Å²) in [4.78, 5) is 13.2. The summed E-state index contributed by atoms with van der Waals surface area (Å²) < 4.78 is 1.95. The van der Waals surface area contributed by atoms with E-state index in [1.165, 1.54) is 0 Å². The van der Waals surface area contributed by atoms with E-state index in [0.717, 1.165) is 22.4 Å². The molecule has 24 heavy (non-hydrogen) atoms. The number of hydrogen-bond acceptors (Lipinski definition) is 5. The van der Waals surface area contributed by atoms with Crippen molar-refractivity contribution in [3.63, 3.8) is 0 Å².